The van der Waals surface area contributed by atoms with Gasteiger partial charge in [0.1, 0.15) is 0 Å². The molecule has 3 rings (SSSR count). The van der Waals surface area contributed by atoms with Gasteiger partial charge in [-0.1, -0.05) is 6.07 Å². The molecule has 1 fully saturated rings. The van der Waals surface area contributed by atoms with E-state index in [0.717, 1.165) is 5.56 Å². The van der Waals surface area contributed by atoms with Gasteiger partial charge < -0.3 is 14.6 Å². The molecule has 1 aromatic heterocycles. The number of carbonyl (C=O) groups is 2. The Bertz CT molecular complexity index is 934. The molecule has 1 unspecified atom stereocenters. The molecule has 26 heavy (non-hydrogen) atoms. The standard InChI is InChI=1S/C18H20N2O5S/c1-12-5-6-13(10-15(12)19-17(21)16-4-3-8-25-16)18(22)20(2)14-7-9-26(23,24)11-14/h3-6,8,10,14H,7,9,11H2,1-2H3,(H,19,21). The molecular weight excluding hydrogens is 356 g/mol. The number of furan rings is 1. The van der Waals surface area contributed by atoms with E-state index in [1.165, 1.54) is 11.2 Å². The van der Waals surface area contributed by atoms with Crippen LogP contribution in [0.4, 0.5) is 5.69 Å². The second-order valence-corrected chi connectivity index (χ2v) is 8.66. The largest absolute Gasteiger partial charge is 0.459 e. The average molecular weight is 376 g/mol. The Kier molecular flexibility index (Phi) is 4.86. The Morgan fingerprint density at radius 1 is 1.27 bits per heavy atom. The van der Waals surface area contributed by atoms with Crippen LogP contribution in [0.5, 0.6) is 0 Å². The highest BCUT2D eigenvalue weighted by Gasteiger charge is 2.33. The molecule has 1 aliphatic rings. The number of carbonyl (C=O) groups excluding carboxylic acids is 2. The number of sulfone groups is 1. The lowest BCUT2D eigenvalue weighted by molar-refractivity contribution is 0.0747. The molecular formula is C18H20N2O5S. The summed E-state index contributed by atoms with van der Waals surface area (Å²) in [5.74, 6) is -0.412. The van der Waals surface area contributed by atoms with Gasteiger partial charge in [0.05, 0.1) is 17.8 Å². The van der Waals surface area contributed by atoms with E-state index in [1.54, 1.807) is 37.4 Å². The number of hydrogen-bond acceptors (Lipinski definition) is 5. The summed E-state index contributed by atoms with van der Waals surface area (Å²) in [6, 6.07) is 7.85. The number of rotatable bonds is 4. The second kappa shape index (κ2) is 6.95. The van der Waals surface area contributed by atoms with Gasteiger partial charge in [-0.05, 0) is 43.2 Å². The molecule has 1 atom stereocenters. The molecule has 1 saturated heterocycles. The van der Waals surface area contributed by atoms with Crippen LogP contribution < -0.4 is 5.32 Å². The lowest BCUT2D eigenvalue weighted by atomic mass is 10.1. The molecule has 0 radical (unpaired) electrons. The van der Waals surface area contributed by atoms with Gasteiger partial charge in [0.2, 0.25) is 0 Å². The van der Waals surface area contributed by atoms with Crippen LogP contribution in [0.15, 0.2) is 41.0 Å². The number of anilines is 1. The third kappa shape index (κ3) is 3.80. The third-order valence-corrected chi connectivity index (χ3v) is 6.30. The van der Waals surface area contributed by atoms with Gasteiger partial charge in [-0.25, -0.2) is 8.42 Å². The predicted octanol–water partition coefficient (Wildman–Crippen LogP) is 2.10. The zero-order chi connectivity index (χ0) is 18.9. The molecule has 8 heteroatoms. The van der Waals surface area contributed by atoms with Crippen LogP contribution >= 0.6 is 0 Å². The first kappa shape index (κ1) is 18.2. The Labute approximate surface area is 151 Å². The van der Waals surface area contributed by atoms with Crippen molar-refractivity contribution in [3.8, 4) is 0 Å². The van der Waals surface area contributed by atoms with Crippen molar-refractivity contribution < 1.29 is 22.4 Å². The Hall–Kier alpha value is -2.61. The summed E-state index contributed by atoms with van der Waals surface area (Å²) >= 11 is 0. The minimum atomic E-state index is -3.07. The van der Waals surface area contributed by atoms with Crippen molar-refractivity contribution in [2.75, 3.05) is 23.9 Å². The summed E-state index contributed by atoms with van der Waals surface area (Å²) in [6.07, 6.45) is 1.85. The molecule has 2 amide bonds. The minimum absolute atomic E-state index is 0.0107. The Morgan fingerprint density at radius 2 is 2.04 bits per heavy atom. The SMILES string of the molecule is Cc1ccc(C(=O)N(C)C2CCS(=O)(=O)C2)cc1NC(=O)c1ccco1. The fourth-order valence-corrected chi connectivity index (χ4v) is 4.71. The van der Waals surface area contributed by atoms with E-state index in [2.05, 4.69) is 5.32 Å². The summed E-state index contributed by atoms with van der Waals surface area (Å²) < 4.78 is 28.4. The van der Waals surface area contributed by atoms with Gasteiger partial charge in [-0.15, -0.1) is 0 Å². The lowest BCUT2D eigenvalue weighted by Gasteiger charge is -2.24. The van der Waals surface area contributed by atoms with E-state index in [4.69, 9.17) is 4.42 Å². The summed E-state index contributed by atoms with van der Waals surface area (Å²) in [6.45, 7) is 1.82. The molecule has 0 spiro atoms. The van der Waals surface area contributed by atoms with Crippen molar-refractivity contribution in [2.45, 2.75) is 19.4 Å². The van der Waals surface area contributed by atoms with E-state index in [-0.39, 0.29) is 29.2 Å². The molecule has 2 heterocycles. The van der Waals surface area contributed by atoms with Crippen molar-refractivity contribution in [3.05, 3.63) is 53.5 Å². The topological polar surface area (TPSA) is 96.7 Å². The van der Waals surface area contributed by atoms with Crippen LogP contribution in [0.25, 0.3) is 0 Å². The smallest absolute Gasteiger partial charge is 0.291 e. The van der Waals surface area contributed by atoms with Crippen LogP contribution in [0.2, 0.25) is 0 Å². The van der Waals surface area contributed by atoms with Crippen LogP contribution in [-0.4, -0.2) is 49.7 Å². The van der Waals surface area contributed by atoms with Crippen LogP contribution in [0.1, 0.15) is 32.9 Å². The molecule has 2 aromatic rings. The van der Waals surface area contributed by atoms with Gasteiger partial charge >= 0.3 is 0 Å². The van der Waals surface area contributed by atoms with E-state index in [9.17, 15) is 18.0 Å². The van der Waals surface area contributed by atoms with E-state index in [1.807, 2.05) is 6.92 Å². The maximum atomic E-state index is 12.7. The Balaban J connectivity index is 1.78. The fraction of sp³-hybridized carbons (Fsp3) is 0.333. The average Bonchev–Trinajstić information content (AvgIpc) is 3.25. The van der Waals surface area contributed by atoms with Gasteiger partial charge in [-0.3, -0.25) is 9.59 Å². The number of amides is 2. The van der Waals surface area contributed by atoms with E-state index in [0.29, 0.717) is 17.7 Å². The molecule has 1 N–H and O–H groups in total. The molecule has 1 aliphatic heterocycles. The third-order valence-electron chi connectivity index (χ3n) is 4.55. The molecule has 0 aliphatic carbocycles. The maximum absolute atomic E-state index is 12.7. The van der Waals surface area contributed by atoms with Crippen LogP contribution in [0, 0.1) is 6.92 Å². The molecule has 1 aromatic carbocycles. The zero-order valence-electron chi connectivity index (χ0n) is 14.6. The van der Waals surface area contributed by atoms with Crippen LogP contribution in [0.3, 0.4) is 0 Å². The molecule has 7 nitrogen and oxygen atoms in total. The van der Waals surface area contributed by atoms with Crippen molar-refractivity contribution in [2.24, 2.45) is 0 Å². The molecule has 138 valence electrons. The first-order valence-electron chi connectivity index (χ1n) is 8.20. The van der Waals surface area contributed by atoms with Gasteiger partial charge in [-0.2, -0.15) is 0 Å². The highest BCUT2D eigenvalue weighted by Crippen LogP contribution is 2.22. The Morgan fingerprint density at radius 3 is 2.65 bits per heavy atom. The van der Waals surface area contributed by atoms with Crippen molar-refractivity contribution in [3.63, 3.8) is 0 Å². The first-order chi connectivity index (χ1) is 12.3. The highest BCUT2D eigenvalue weighted by molar-refractivity contribution is 7.91. The summed E-state index contributed by atoms with van der Waals surface area (Å²) in [4.78, 5) is 26.3. The number of aryl methyl sites for hydroxylation is 1. The summed E-state index contributed by atoms with van der Waals surface area (Å²) in [5.41, 5.74) is 1.69. The number of nitrogens with zero attached hydrogens (tertiary/aromatic N) is 1. The maximum Gasteiger partial charge on any atom is 0.291 e. The second-order valence-electron chi connectivity index (χ2n) is 6.43. The van der Waals surface area contributed by atoms with Gasteiger partial charge in [0.25, 0.3) is 11.8 Å². The normalized spacial score (nSPS) is 18.5. The van der Waals surface area contributed by atoms with Crippen molar-refractivity contribution in [1.82, 2.24) is 4.90 Å². The van der Waals surface area contributed by atoms with E-state index < -0.39 is 15.7 Å². The predicted molar refractivity (Wildman–Crippen MR) is 97.0 cm³/mol. The molecule has 0 saturated carbocycles. The van der Waals surface area contributed by atoms with Gasteiger partial charge in [0, 0.05) is 24.3 Å². The number of hydrogen-bond donors (Lipinski definition) is 1. The minimum Gasteiger partial charge on any atom is -0.459 e. The van der Waals surface area contributed by atoms with Crippen LogP contribution in [-0.2, 0) is 9.84 Å². The summed E-state index contributed by atoms with van der Waals surface area (Å²) in [5, 5.41) is 2.73. The number of nitrogens with one attached hydrogen (secondary N) is 1. The zero-order valence-corrected chi connectivity index (χ0v) is 15.4. The van der Waals surface area contributed by atoms with Crippen molar-refractivity contribution in [1.29, 1.82) is 0 Å². The first-order valence-corrected chi connectivity index (χ1v) is 10.0. The van der Waals surface area contributed by atoms with E-state index >= 15 is 0 Å². The quantitative estimate of drug-likeness (QED) is 0.881. The number of benzene rings is 1. The monoisotopic (exact) mass is 376 g/mol. The fourth-order valence-electron chi connectivity index (χ4n) is 2.93. The lowest BCUT2D eigenvalue weighted by Crippen LogP contribution is -2.37. The molecule has 0 bridgehead atoms. The summed E-state index contributed by atoms with van der Waals surface area (Å²) in [7, 11) is -1.47. The van der Waals surface area contributed by atoms with Crippen molar-refractivity contribution >= 4 is 27.3 Å². The van der Waals surface area contributed by atoms with Gasteiger partial charge in [0.15, 0.2) is 15.6 Å². The highest BCUT2D eigenvalue weighted by atomic mass is 32.2.